The highest BCUT2D eigenvalue weighted by atomic mass is 32.1. The van der Waals surface area contributed by atoms with E-state index in [9.17, 15) is 4.79 Å². The van der Waals surface area contributed by atoms with Gasteiger partial charge in [-0.2, -0.15) is 4.99 Å². The lowest BCUT2D eigenvalue weighted by Gasteiger charge is -2.12. The van der Waals surface area contributed by atoms with E-state index in [4.69, 9.17) is 18.9 Å². The van der Waals surface area contributed by atoms with Crippen LogP contribution in [0.2, 0.25) is 0 Å². The van der Waals surface area contributed by atoms with Crippen molar-refractivity contribution < 1.29 is 23.7 Å². The Balaban J connectivity index is 2.14. The van der Waals surface area contributed by atoms with Crippen LogP contribution in [-0.2, 0) is 6.54 Å². The zero-order chi connectivity index (χ0) is 21.0. The van der Waals surface area contributed by atoms with E-state index in [1.54, 1.807) is 25.3 Å². The number of aromatic nitrogens is 1. The summed E-state index contributed by atoms with van der Waals surface area (Å²) in [6.45, 7) is 4.33. The summed E-state index contributed by atoms with van der Waals surface area (Å²) in [5.74, 6) is 1.53. The summed E-state index contributed by atoms with van der Waals surface area (Å²) < 4.78 is 24.1. The summed E-state index contributed by atoms with van der Waals surface area (Å²) in [5.41, 5.74) is 1.28. The fraction of sp³-hybridized carbons (Fsp3) is 0.238. The van der Waals surface area contributed by atoms with Gasteiger partial charge in [0, 0.05) is 12.1 Å². The number of methoxy groups -OCH3 is 4. The predicted molar refractivity (Wildman–Crippen MR) is 113 cm³/mol. The number of ether oxygens (including phenoxy) is 4. The number of carbonyl (C=O) groups is 1. The standard InChI is InChI=1S/C21H22N2O5S/c1-6-9-23-15-8-7-14(25-2)12-18(15)29-21(23)22-20(24)13-10-16(26-3)19(28-5)17(11-13)27-4/h6-8,10-12H,1,9H2,2-5H3. The van der Waals surface area contributed by atoms with Gasteiger partial charge in [-0.3, -0.25) is 4.79 Å². The Morgan fingerprint density at radius 3 is 2.31 bits per heavy atom. The number of benzene rings is 2. The van der Waals surface area contributed by atoms with Crippen LogP contribution in [-0.4, -0.2) is 38.9 Å². The molecule has 3 rings (SSSR count). The Labute approximate surface area is 172 Å². The molecule has 1 amide bonds. The maximum Gasteiger partial charge on any atom is 0.279 e. The van der Waals surface area contributed by atoms with Crippen LogP contribution >= 0.6 is 11.3 Å². The minimum atomic E-state index is -0.416. The van der Waals surface area contributed by atoms with Crippen molar-refractivity contribution in [3.8, 4) is 23.0 Å². The molecule has 0 N–H and O–H groups in total. The van der Waals surface area contributed by atoms with E-state index < -0.39 is 5.91 Å². The Morgan fingerprint density at radius 1 is 1.07 bits per heavy atom. The minimum Gasteiger partial charge on any atom is -0.497 e. The molecule has 7 nitrogen and oxygen atoms in total. The second kappa shape index (κ2) is 8.83. The number of thiazole rings is 1. The van der Waals surface area contributed by atoms with Crippen LogP contribution in [0.5, 0.6) is 23.0 Å². The van der Waals surface area contributed by atoms with E-state index in [0.29, 0.717) is 34.2 Å². The van der Waals surface area contributed by atoms with Crippen LogP contribution in [0.25, 0.3) is 10.2 Å². The van der Waals surface area contributed by atoms with Crippen molar-refractivity contribution in [2.45, 2.75) is 6.54 Å². The fourth-order valence-electron chi connectivity index (χ4n) is 2.93. The molecule has 0 bridgehead atoms. The van der Waals surface area contributed by atoms with Gasteiger partial charge < -0.3 is 23.5 Å². The zero-order valence-electron chi connectivity index (χ0n) is 16.7. The lowest BCUT2D eigenvalue weighted by molar-refractivity contribution is 0.0997. The summed E-state index contributed by atoms with van der Waals surface area (Å²) in [7, 11) is 6.13. The number of hydrogen-bond acceptors (Lipinski definition) is 6. The molecule has 2 aromatic carbocycles. The molecule has 0 aliphatic carbocycles. The molecule has 1 heterocycles. The molecule has 8 heteroatoms. The topological polar surface area (TPSA) is 71.3 Å². The van der Waals surface area contributed by atoms with E-state index in [-0.39, 0.29) is 0 Å². The molecule has 0 aliphatic rings. The van der Waals surface area contributed by atoms with Gasteiger partial charge in [0.05, 0.1) is 38.7 Å². The summed E-state index contributed by atoms with van der Waals surface area (Å²) in [6.07, 6.45) is 1.76. The summed E-state index contributed by atoms with van der Waals surface area (Å²) >= 11 is 1.40. The highest BCUT2D eigenvalue weighted by molar-refractivity contribution is 7.16. The first kappa shape index (κ1) is 20.5. The molecule has 1 aromatic heterocycles. The van der Waals surface area contributed by atoms with Crippen molar-refractivity contribution in [2.75, 3.05) is 28.4 Å². The first-order valence-corrected chi connectivity index (χ1v) is 9.55. The van der Waals surface area contributed by atoms with E-state index in [1.165, 1.54) is 32.7 Å². The smallest absolute Gasteiger partial charge is 0.279 e. The Bertz CT molecular complexity index is 1100. The van der Waals surface area contributed by atoms with Crippen molar-refractivity contribution in [3.05, 3.63) is 53.4 Å². The van der Waals surface area contributed by atoms with Crippen LogP contribution in [0.15, 0.2) is 48.0 Å². The third-order valence-corrected chi connectivity index (χ3v) is 5.35. The highest BCUT2D eigenvalue weighted by Gasteiger charge is 2.17. The second-order valence-corrected chi connectivity index (χ2v) is 6.96. The third kappa shape index (κ3) is 3.97. The average Bonchev–Trinajstić information content (AvgIpc) is 3.08. The van der Waals surface area contributed by atoms with E-state index in [0.717, 1.165) is 16.0 Å². The van der Waals surface area contributed by atoms with Gasteiger partial charge in [0.2, 0.25) is 5.75 Å². The van der Waals surface area contributed by atoms with Crippen LogP contribution in [0.3, 0.4) is 0 Å². The van der Waals surface area contributed by atoms with E-state index in [1.807, 2.05) is 22.8 Å². The summed E-state index contributed by atoms with van der Waals surface area (Å²) in [5, 5.41) is 0. The lowest BCUT2D eigenvalue weighted by Crippen LogP contribution is -2.16. The van der Waals surface area contributed by atoms with Gasteiger partial charge in [-0.25, -0.2) is 0 Å². The second-order valence-electron chi connectivity index (χ2n) is 5.95. The fourth-order valence-corrected chi connectivity index (χ4v) is 3.99. The van der Waals surface area contributed by atoms with Gasteiger partial charge in [0.15, 0.2) is 16.3 Å². The molecule has 0 aliphatic heterocycles. The van der Waals surface area contributed by atoms with Gasteiger partial charge in [-0.1, -0.05) is 17.4 Å². The molecule has 0 fully saturated rings. The summed E-state index contributed by atoms with van der Waals surface area (Å²) in [6, 6.07) is 8.90. The number of amides is 1. The first-order valence-electron chi connectivity index (χ1n) is 8.73. The van der Waals surface area contributed by atoms with Crippen LogP contribution in [0.1, 0.15) is 10.4 Å². The third-order valence-electron chi connectivity index (χ3n) is 4.31. The normalized spacial score (nSPS) is 11.4. The van der Waals surface area contributed by atoms with Crippen molar-refractivity contribution in [1.82, 2.24) is 4.57 Å². The SMILES string of the molecule is C=CCn1c(=NC(=O)c2cc(OC)c(OC)c(OC)c2)sc2cc(OC)ccc21. The molecule has 0 unspecified atom stereocenters. The summed E-state index contributed by atoms with van der Waals surface area (Å²) in [4.78, 5) is 17.8. The van der Waals surface area contributed by atoms with Gasteiger partial charge in [-0.15, -0.1) is 6.58 Å². The largest absolute Gasteiger partial charge is 0.497 e. The molecule has 0 saturated carbocycles. The minimum absolute atomic E-state index is 0.333. The molecule has 0 radical (unpaired) electrons. The maximum atomic E-state index is 12.9. The Morgan fingerprint density at radius 2 is 1.76 bits per heavy atom. The van der Waals surface area contributed by atoms with E-state index in [2.05, 4.69) is 11.6 Å². The molecule has 0 atom stereocenters. The number of allylic oxidation sites excluding steroid dienone is 1. The number of nitrogens with zero attached hydrogens (tertiary/aromatic N) is 2. The van der Waals surface area contributed by atoms with E-state index >= 15 is 0 Å². The van der Waals surface area contributed by atoms with Crippen LogP contribution in [0, 0.1) is 0 Å². The molecule has 152 valence electrons. The highest BCUT2D eigenvalue weighted by Crippen LogP contribution is 2.38. The Kier molecular flexibility index (Phi) is 6.23. The predicted octanol–water partition coefficient (Wildman–Crippen LogP) is 3.66. The molecular formula is C21H22N2O5S. The quantitative estimate of drug-likeness (QED) is 0.552. The first-order chi connectivity index (χ1) is 14.1. The van der Waals surface area contributed by atoms with Gasteiger partial charge in [-0.05, 0) is 30.3 Å². The van der Waals surface area contributed by atoms with Crippen molar-refractivity contribution >= 4 is 27.5 Å². The average molecular weight is 414 g/mol. The maximum absolute atomic E-state index is 12.9. The number of hydrogen-bond donors (Lipinski definition) is 0. The van der Waals surface area contributed by atoms with Crippen molar-refractivity contribution in [2.24, 2.45) is 4.99 Å². The molecule has 0 spiro atoms. The zero-order valence-corrected chi connectivity index (χ0v) is 17.5. The van der Waals surface area contributed by atoms with Crippen LogP contribution in [0.4, 0.5) is 0 Å². The van der Waals surface area contributed by atoms with Crippen molar-refractivity contribution in [1.29, 1.82) is 0 Å². The molecule has 3 aromatic rings. The number of fused-ring (bicyclic) bond motifs is 1. The van der Waals surface area contributed by atoms with Gasteiger partial charge >= 0.3 is 0 Å². The number of carbonyl (C=O) groups excluding carboxylic acids is 1. The van der Waals surface area contributed by atoms with Crippen LogP contribution < -0.4 is 23.7 Å². The van der Waals surface area contributed by atoms with Crippen molar-refractivity contribution in [3.63, 3.8) is 0 Å². The lowest BCUT2D eigenvalue weighted by atomic mass is 10.1. The van der Waals surface area contributed by atoms with Gasteiger partial charge in [0.25, 0.3) is 5.91 Å². The monoisotopic (exact) mass is 414 g/mol. The van der Waals surface area contributed by atoms with Gasteiger partial charge in [0.1, 0.15) is 5.75 Å². The molecule has 29 heavy (non-hydrogen) atoms. The number of rotatable bonds is 7. The Hall–Kier alpha value is -3.26. The molecule has 0 saturated heterocycles. The molecular weight excluding hydrogens is 392 g/mol.